The van der Waals surface area contributed by atoms with Gasteiger partial charge in [0.15, 0.2) is 0 Å². The van der Waals surface area contributed by atoms with Gasteiger partial charge in [-0.15, -0.1) is 0 Å². The molecule has 1 aromatic rings. The summed E-state index contributed by atoms with van der Waals surface area (Å²) in [5, 5.41) is 26.5. The fraction of sp³-hybridized carbons (Fsp3) is 0.273. The van der Waals surface area contributed by atoms with Crippen molar-refractivity contribution in [3.8, 4) is 6.07 Å². The highest BCUT2D eigenvalue weighted by Gasteiger charge is 2.12. The summed E-state index contributed by atoms with van der Waals surface area (Å²) in [6.45, 7) is 1.48. The first-order valence-corrected chi connectivity index (χ1v) is 4.44. The molecule has 0 aliphatic heterocycles. The van der Waals surface area contributed by atoms with E-state index < -0.39 is 5.97 Å². The van der Waals surface area contributed by atoms with Gasteiger partial charge in [-0.25, -0.2) is 0 Å². The SMILES string of the molecule is Cc1c(C#N)ccc(CO)c1CC(=O)O. The predicted octanol–water partition coefficient (Wildman–Crippen LogP) is 0.986. The lowest BCUT2D eigenvalue weighted by molar-refractivity contribution is -0.136. The molecule has 78 valence electrons. The number of aliphatic hydroxyl groups is 1. The third-order valence-corrected chi connectivity index (χ3v) is 2.31. The molecule has 0 aliphatic rings. The Kier molecular flexibility index (Phi) is 3.42. The number of hydrogen-bond donors (Lipinski definition) is 2. The van der Waals surface area contributed by atoms with Crippen LogP contribution < -0.4 is 0 Å². The maximum atomic E-state index is 10.6. The lowest BCUT2D eigenvalue weighted by Crippen LogP contribution is -2.07. The highest BCUT2D eigenvalue weighted by Crippen LogP contribution is 2.19. The lowest BCUT2D eigenvalue weighted by Gasteiger charge is -2.10. The summed E-state index contributed by atoms with van der Waals surface area (Å²) in [6, 6.07) is 5.16. The van der Waals surface area contributed by atoms with Gasteiger partial charge in [-0.1, -0.05) is 6.07 Å². The molecule has 2 N–H and O–H groups in total. The van der Waals surface area contributed by atoms with E-state index in [4.69, 9.17) is 15.5 Å². The van der Waals surface area contributed by atoms with Crippen LogP contribution in [0.1, 0.15) is 22.3 Å². The molecule has 15 heavy (non-hydrogen) atoms. The summed E-state index contributed by atoms with van der Waals surface area (Å²) < 4.78 is 0. The van der Waals surface area contributed by atoms with Gasteiger partial charge in [-0.2, -0.15) is 5.26 Å². The normalized spacial score (nSPS) is 9.67. The van der Waals surface area contributed by atoms with Gasteiger partial charge < -0.3 is 10.2 Å². The quantitative estimate of drug-likeness (QED) is 0.770. The molecule has 1 aromatic carbocycles. The van der Waals surface area contributed by atoms with Gasteiger partial charge in [0, 0.05) is 0 Å². The van der Waals surface area contributed by atoms with E-state index in [0.29, 0.717) is 22.3 Å². The Morgan fingerprint density at radius 1 is 1.53 bits per heavy atom. The van der Waals surface area contributed by atoms with E-state index in [0.717, 1.165) is 0 Å². The van der Waals surface area contributed by atoms with Crippen LogP contribution in [-0.2, 0) is 17.8 Å². The number of aliphatic carboxylic acids is 1. The maximum Gasteiger partial charge on any atom is 0.307 e. The van der Waals surface area contributed by atoms with Gasteiger partial charge in [0.1, 0.15) is 0 Å². The summed E-state index contributed by atoms with van der Waals surface area (Å²) >= 11 is 0. The van der Waals surface area contributed by atoms with E-state index >= 15 is 0 Å². The average Bonchev–Trinajstić information content (AvgIpc) is 2.20. The van der Waals surface area contributed by atoms with Crippen LogP contribution in [0.25, 0.3) is 0 Å². The van der Waals surface area contributed by atoms with Crippen molar-refractivity contribution in [2.75, 3.05) is 0 Å². The molecule has 0 heterocycles. The summed E-state index contributed by atoms with van der Waals surface area (Å²) in [6.07, 6.45) is -0.169. The molecule has 0 unspecified atom stereocenters. The van der Waals surface area contributed by atoms with Crippen molar-refractivity contribution < 1.29 is 15.0 Å². The maximum absolute atomic E-state index is 10.6. The Hall–Kier alpha value is -1.86. The molecule has 0 amide bonds. The second-order valence-electron chi connectivity index (χ2n) is 3.22. The van der Waals surface area contributed by atoms with E-state index in [1.54, 1.807) is 19.1 Å². The number of carboxylic acids is 1. The van der Waals surface area contributed by atoms with Crippen LogP contribution in [0.3, 0.4) is 0 Å². The molecule has 1 rings (SSSR count). The van der Waals surface area contributed by atoms with Crippen molar-refractivity contribution in [2.45, 2.75) is 20.0 Å². The first-order valence-electron chi connectivity index (χ1n) is 4.44. The largest absolute Gasteiger partial charge is 0.481 e. The summed E-state index contributed by atoms with van der Waals surface area (Å²) in [7, 11) is 0. The molecule has 0 saturated heterocycles. The molecule has 0 aliphatic carbocycles. The van der Waals surface area contributed by atoms with Crippen molar-refractivity contribution in [1.29, 1.82) is 5.26 Å². The Balaban J connectivity index is 3.30. The van der Waals surface area contributed by atoms with Gasteiger partial charge in [-0.3, -0.25) is 4.79 Å². The number of benzene rings is 1. The van der Waals surface area contributed by atoms with Gasteiger partial charge in [0.25, 0.3) is 0 Å². The van der Waals surface area contributed by atoms with Gasteiger partial charge in [-0.05, 0) is 29.7 Å². The number of aliphatic hydroxyl groups excluding tert-OH is 1. The van der Waals surface area contributed by atoms with E-state index in [2.05, 4.69) is 0 Å². The van der Waals surface area contributed by atoms with Crippen molar-refractivity contribution in [3.05, 3.63) is 34.4 Å². The van der Waals surface area contributed by atoms with E-state index in [1.165, 1.54) is 0 Å². The minimum atomic E-state index is -0.970. The molecule has 0 bridgehead atoms. The molecule has 0 radical (unpaired) electrons. The summed E-state index contributed by atoms with van der Waals surface area (Å²) in [5.41, 5.74) is 2.17. The van der Waals surface area contributed by atoms with E-state index in [9.17, 15) is 4.79 Å². The number of rotatable bonds is 3. The van der Waals surface area contributed by atoms with Crippen LogP contribution in [-0.4, -0.2) is 16.2 Å². The fourth-order valence-electron chi connectivity index (χ4n) is 1.48. The molecule has 0 fully saturated rings. The fourth-order valence-corrected chi connectivity index (χ4v) is 1.48. The Bertz CT molecular complexity index is 432. The molecule has 0 saturated carbocycles. The van der Waals surface area contributed by atoms with Crippen molar-refractivity contribution in [3.63, 3.8) is 0 Å². The third-order valence-electron chi connectivity index (χ3n) is 2.31. The van der Waals surface area contributed by atoms with Crippen molar-refractivity contribution in [2.24, 2.45) is 0 Å². The highest BCUT2D eigenvalue weighted by atomic mass is 16.4. The Labute approximate surface area is 87.4 Å². The van der Waals surface area contributed by atoms with E-state index in [1.807, 2.05) is 6.07 Å². The third kappa shape index (κ3) is 2.33. The summed E-state index contributed by atoms with van der Waals surface area (Å²) in [4.78, 5) is 10.6. The predicted molar refractivity (Wildman–Crippen MR) is 53.2 cm³/mol. The van der Waals surface area contributed by atoms with Crippen LogP contribution >= 0.6 is 0 Å². The van der Waals surface area contributed by atoms with Crippen molar-refractivity contribution >= 4 is 5.97 Å². The van der Waals surface area contributed by atoms with E-state index in [-0.39, 0.29) is 13.0 Å². The Morgan fingerprint density at radius 2 is 2.20 bits per heavy atom. The van der Waals surface area contributed by atoms with Gasteiger partial charge in [0.2, 0.25) is 0 Å². The van der Waals surface area contributed by atoms with Crippen LogP contribution in [0.4, 0.5) is 0 Å². The van der Waals surface area contributed by atoms with Gasteiger partial charge in [0.05, 0.1) is 24.7 Å². The molecule has 0 atom stereocenters. The summed E-state index contributed by atoms with van der Waals surface area (Å²) in [5.74, 6) is -0.970. The minimum absolute atomic E-state index is 0.169. The molecule has 0 spiro atoms. The zero-order chi connectivity index (χ0) is 11.4. The zero-order valence-electron chi connectivity index (χ0n) is 8.32. The monoisotopic (exact) mass is 205 g/mol. The van der Waals surface area contributed by atoms with Crippen LogP contribution in [0, 0.1) is 18.3 Å². The first-order chi connectivity index (χ1) is 7.10. The topological polar surface area (TPSA) is 81.3 Å². The molecular formula is C11H11NO3. The lowest BCUT2D eigenvalue weighted by atomic mass is 9.95. The molecule has 0 aromatic heterocycles. The molecular weight excluding hydrogens is 194 g/mol. The highest BCUT2D eigenvalue weighted by molar-refractivity contribution is 5.72. The van der Waals surface area contributed by atoms with Crippen LogP contribution in [0.15, 0.2) is 12.1 Å². The Morgan fingerprint density at radius 3 is 2.67 bits per heavy atom. The second-order valence-corrected chi connectivity index (χ2v) is 3.22. The number of carboxylic acid groups (broad SMARTS) is 1. The first kappa shape index (κ1) is 11.2. The van der Waals surface area contributed by atoms with Crippen molar-refractivity contribution in [1.82, 2.24) is 0 Å². The average molecular weight is 205 g/mol. The molecule has 4 nitrogen and oxygen atoms in total. The minimum Gasteiger partial charge on any atom is -0.481 e. The zero-order valence-corrected chi connectivity index (χ0v) is 8.32. The molecule has 4 heteroatoms. The van der Waals surface area contributed by atoms with Gasteiger partial charge >= 0.3 is 5.97 Å². The number of hydrogen-bond acceptors (Lipinski definition) is 3. The van der Waals surface area contributed by atoms with Crippen LogP contribution in [0.2, 0.25) is 0 Å². The smallest absolute Gasteiger partial charge is 0.307 e. The number of carbonyl (C=O) groups is 1. The standard InChI is InChI=1S/C11H11NO3/c1-7-8(5-12)2-3-9(6-13)10(7)4-11(14)15/h2-3,13H,4,6H2,1H3,(H,14,15). The number of nitriles is 1. The second kappa shape index (κ2) is 4.58. The number of nitrogens with zero attached hydrogens (tertiary/aromatic N) is 1. The van der Waals surface area contributed by atoms with Crippen LogP contribution in [0.5, 0.6) is 0 Å².